The van der Waals surface area contributed by atoms with Gasteiger partial charge in [0, 0.05) is 16.8 Å². The van der Waals surface area contributed by atoms with Crippen LogP contribution in [0.3, 0.4) is 0 Å². The zero-order valence-corrected chi connectivity index (χ0v) is 10.6. The number of halogens is 1. The van der Waals surface area contributed by atoms with Gasteiger partial charge in [0.25, 0.3) is 0 Å². The predicted octanol–water partition coefficient (Wildman–Crippen LogP) is 4.00. The van der Waals surface area contributed by atoms with Crippen LogP contribution in [-0.4, -0.2) is 10.7 Å². The minimum absolute atomic E-state index is 0.175. The Hall–Kier alpha value is -1.54. The van der Waals surface area contributed by atoms with Crippen molar-refractivity contribution in [3.8, 4) is 0 Å². The topological polar surface area (TPSA) is 15.6 Å². The van der Waals surface area contributed by atoms with Crippen LogP contribution in [0, 0.1) is 0 Å². The van der Waals surface area contributed by atoms with Crippen molar-refractivity contribution in [3.05, 3.63) is 53.2 Å². The highest BCUT2D eigenvalue weighted by Crippen LogP contribution is 2.43. The molecule has 0 N–H and O–H groups in total. The van der Waals surface area contributed by atoms with E-state index in [0.29, 0.717) is 0 Å². The summed E-state index contributed by atoms with van der Waals surface area (Å²) >= 11 is 6.32. The summed E-state index contributed by atoms with van der Waals surface area (Å²) in [7, 11) is 0. The number of fused-ring (bicyclic) bond motifs is 2. The van der Waals surface area contributed by atoms with Crippen molar-refractivity contribution in [1.29, 1.82) is 0 Å². The van der Waals surface area contributed by atoms with E-state index in [1.54, 1.807) is 0 Å². The standard InChI is InChI=1S/C14H13ClN2/c1-14(2)13-10(15)6-5-7-11(13)16-12-8-3-4-9-17(12)14/h3-9H,1-2H3. The van der Waals surface area contributed by atoms with Gasteiger partial charge in [0.2, 0.25) is 0 Å². The van der Waals surface area contributed by atoms with Crippen molar-refractivity contribution in [1.82, 2.24) is 4.90 Å². The van der Waals surface area contributed by atoms with Crippen molar-refractivity contribution in [2.75, 3.05) is 0 Å². The van der Waals surface area contributed by atoms with Gasteiger partial charge in [-0.3, -0.25) is 0 Å². The molecular weight excluding hydrogens is 232 g/mol. The van der Waals surface area contributed by atoms with Crippen LogP contribution >= 0.6 is 11.6 Å². The zero-order chi connectivity index (χ0) is 12.0. The molecule has 2 heterocycles. The van der Waals surface area contributed by atoms with Gasteiger partial charge in [0.1, 0.15) is 5.84 Å². The van der Waals surface area contributed by atoms with E-state index in [0.717, 1.165) is 22.1 Å². The minimum Gasteiger partial charge on any atom is -0.323 e. The molecule has 0 unspecified atom stereocenters. The molecular formula is C14H13ClN2. The van der Waals surface area contributed by atoms with Crippen molar-refractivity contribution >= 4 is 23.1 Å². The van der Waals surface area contributed by atoms with Gasteiger partial charge in [-0.25, -0.2) is 4.99 Å². The second-order valence-corrected chi connectivity index (χ2v) is 5.14. The number of benzene rings is 1. The average molecular weight is 245 g/mol. The Kier molecular flexibility index (Phi) is 2.17. The van der Waals surface area contributed by atoms with Crippen molar-refractivity contribution < 1.29 is 0 Å². The van der Waals surface area contributed by atoms with Crippen LogP contribution in [0.15, 0.2) is 47.6 Å². The fourth-order valence-electron chi connectivity index (χ4n) is 2.45. The van der Waals surface area contributed by atoms with E-state index in [2.05, 4.69) is 23.7 Å². The maximum absolute atomic E-state index is 6.32. The molecule has 0 aliphatic carbocycles. The van der Waals surface area contributed by atoms with Crippen LogP contribution in [0.4, 0.5) is 5.69 Å². The molecule has 0 radical (unpaired) electrons. The number of hydrogen-bond acceptors (Lipinski definition) is 2. The molecule has 1 aromatic carbocycles. The first kappa shape index (κ1) is 10.6. The fourth-order valence-corrected chi connectivity index (χ4v) is 2.85. The number of rotatable bonds is 0. The monoisotopic (exact) mass is 244 g/mol. The van der Waals surface area contributed by atoms with Crippen LogP contribution in [0.25, 0.3) is 0 Å². The Balaban J connectivity index is 2.30. The summed E-state index contributed by atoms with van der Waals surface area (Å²) in [5.74, 6) is 0.965. The lowest BCUT2D eigenvalue weighted by Crippen LogP contribution is -2.44. The van der Waals surface area contributed by atoms with Gasteiger partial charge in [0.05, 0.1) is 11.2 Å². The summed E-state index contributed by atoms with van der Waals surface area (Å²) in [4.78, 5) is 6.80. The summed E-state index contributed by atoms with van der Waals surface area (Å²) in [5, 5.41) is 0.776. The SMILES string of the molecule is CC1(C)c2c(Cl)cccc2N=C2C=CC=CN21. The number of hydrogen-bond donors (Lipinski definition) is 0. The first-order valence-corrected chi connectivity index (χ1v) is 6.00. The number of aliphatic imine (C=N–C) groups is 1. The Labute approximate surface area is 106 Å². The normalized spacial score (nSPS) is 19.7. The summed E-state index contributed by atoms with van der Waals surface area (Å²) in [5.41, 5.74) is 1.88. The summed E-state index contributed by atoms with van der Waals surface area (Å²) in [6.45, 7) is 4.33. The molecule has 0 atom stereocenters. The molecule has 0 fully saturated rings. The predicted molar refractivity (Wildman–Crippen MR) is 71.7 cm³/mol. The molecule has 3 heteroatoms. The van der Waals surface area contributed by atoms with Gasteiger partial charge >= 0.3 is 0 Å². The van der Waals surface area contributed by atoms with Gasteiger partial charge in [-0.05, 0) is 38.1 Å². The molecule has 0 saturated carbocycles. The quantitative estimate of drug-likeness (QED) is 0.673. The third kappa shape index (κ3) is 1.44. The summed E-state index contributed by atoms with van der Waals surface area (Å²) in [6, 6.07) is 5.88. The van der Waals surface area contributed by atoms with Crippen LogP contribution in [0.2, 0.25) is 5.02 Å². The van der Waals surface area contributed by atoms with Gasteiger partial charge in [0.15, 0.2) is 0 Å². The van der Waals surface area contributed by atoms with Gasteiger partial charge in [-0.2, -0.15) is 0 Å². The highest BCUT2D eigenvalue weighted by Gasteiger charge is 2.36. The first-order chi connectivity index (χ1) is 8.10. The Morgan fingerprint density at radius 1 is 1.24 bits per heavy atom. The lowest BCUT2D eigenvalue weighted by atomic mass is 9.88. The maximum Gasteiger partial charge on any atom is 0.133 e. The van der Waals surface area contributed by atoms with Crippen molar-refractivity contribution in [2.24, 2.45) is 4.99 Å². The smallest absolute Gasteiger partial charge is 0.133 e. The van der Waals surface area contributed by atoms with Crippen LogP contribution in [-0.2, 0) is 5.54 Å². The van der Waals surface area contributed by atoms with Crippen LogP contribution < -0.4 is 0 Å². The zero-order valence-electron chi connectivity index (χ0n) is 9.81. The number of amidine groups is 1. The highest BCUT2D eigenvalue weighted by molar-refractivity contribution is 6.32. The second-order valence-electron chi connectivity index (χ2n) is 4.73. The van der Waals surface area contributed by atoms with E-state index in [4.69, 9.17) is 11.6 Å². The molecule has 0 bridgehead atoms. The van der Waals surface area contributed by atoms with Gasteiger partial charge < -0.3 is 4.90 Å². The molecule has 2 nitrogen and oxygen atoms in total. The molecule has 0 saturated heterocycles. The van der Waals surface area contributed by atoms with E-state index in [1.807, 2.05) is 42.6 Å². The third-order valence-electron chi connectivity index (χ3n) is 3.28. The Morgan fingerprint density at radius 2 is 2.06 bits per heavy atom. The highest BCUT2D eigenvalue weighted by atomic mass is 35.5. The molecule has 0 spiro atoms. The molecule has 2 aliphatic heterocycles. The van der Waals surface area contributed by atoms with E-state index in [1.165, 1.54) is 0 Å². The van der Waals surface area contributed by atoms with E-state index < -0.39 is 0 Å². The maximum atomic E-state index is 6.32. The van der Waals surface area contributed by atoms with E-state index in [-0.39, 0.29) is 5.54 Å². The Bertz CT molecular complexity index is 568. The fraction of sp³-hybridized carbons (Fsp3) is 0.214. The number of allylic oxidation sites excluding steroid dienone is 2. The molecule has 17 heavy (non-hydrogen) atoms. The van der Waals surface area contributed by atoms with Crippen molar-refractivity contribution in [3.63, 3.8) is 0 Å². The lowest BCUT2D eigenvalue weighted by molar-refractivity contribution is 0.284. The molecule has 2 aliphatic rings. The molecule has 0 aromatic heterocycles. The second kappa shape index (κ2) is 3.47. The molecule has 86 valence electrons. The Morgan fingerprint density at radius 3 is 2.88 bits per heavy atom. The minimum atomic E-state index is -0.175. The van der Waals surface area contributed by atoms with Gasteiger partial charge in [-0.15, -0.1) is 0 Å². The van der Waals surface area contributed by atoms with Gasteiger partial charge in [-0.1, -0.05) is 23.7 Å². The molecule has 3 rings (SSSR count). The van der Waals surface area contributed by atoms with Crippen molar-refractivity contribution in [2.45, 2.75) is 19.4 Å². The molecule has 1 aromatic rings. The lowest BCUT2D eigenvalue weighted by Gasteiger charge is -2.42. The summed E-state index contributed by atoms with van der Waals surface area (Å²) in [6.07, 6.45) is 8.08. The summed E-state index contributed by atoms with van der Waals surface area (Å²) < 4.78 is 0. The van der Waals surface area contributed by atoms with E-state index in [9.17, 15) is 0 Å². The largest absolute Gasteiger partial charge is 0.323 e. The van der Waals surface area contributed by atoms with E-state index >= 15 is 0 Å². The van der Waals surface area contributed by atoms with Crippen LogP contribution in [0.5, 0.6) is 0 Å². The molecule has 0 amide bonds. The first-order valence-electron chi connectivity index (χ1n) is 5.62. The average Bonchev–Trinajstić information content (AvgIpc) is 2.28. The van der Waals surface area contributed by atoms with Crippen LogP contribution in [0.1, 0.15) is 19.4 Å². The number of nitrogens with zero attached hydrogens (tertiary/aromatic N) is 2. The third-order valence-corrected chi connectivity index (χ3v) is 3.59.